The summed E-state index contributed by atoms with van der Waals surface area (Å²) in [6.07, 6.45) is 2.00. The van der Waals surface area contributed by atoms with E-state index in [4.69, 9.17) is 4.74 Å². The molecule has 0 saturated carbocycles. The topological polar surface area (TPSA) is 41.6 Å². The number of ether oxygens (including phenoxy) is 1. The van der Waals surface area contributed by atoms with Crippen LogP contribution in [-0.2, 0) is 4.79 Å². The van der Waals surface area contributed by atoms with Gasteiger partial charge in [0.05, 0.1) is 13.2 Å². The van der Waals surface area contributed by atoms with Crippen molar-refractivity contribution in [2.45, 2.75) is 18.9 Å². The highest BCUT2D eigenvalue weighted by Gasteiger charge is 2.25. The minimum absolute atomic E-state index is 0.0359. The third-order valence-corrected chi connectivity index (χ3v) is 3.13. The quantitative estimate of drug-likeness (QED) is 0.859. The molecule has 1 aromatic rings. The third kappa shape index (κ3) is 2.58. The summed E-state index contributed by atoms with van der Waals surface area (Å²) in [7, 11) is 3.43. The fourth-order valence-electron chi connectivity index (χ4n) is 2.08. The minimum Gasteiger partial charge on any atom is -0.497 e. The number of carbonyl (C=O) groups is 1. The largest absolute Gasteiger partial charge is 0.497 e. The number of hydrogen-bond donors (Lipinski definition) is 1. The summed E-state index contributed by atoms with van der Waals surface area (Å²) in [5.74, 6) is 0.886. The van der Waals surface area contributed by atoms with E-state index in [9.17, 15) is 4.79 Å². The normalized spacial score (nSPS) is 19.1. The number of benzene rings is 1. The predicted molar refractivity (Wildman–Crippen MR) is 67.4 cm³/mol. The van der Waals surface area contributed by atoms with Gasteiger partial charge in [0.25, 0.3) is 0 Å². The minimum atomic E-state index is -0.0359. The van der Waals surface area contributed by atoms with E-state index in [1.165, 1.54) is 0 Å². The van der Waals surface area contributed by atoms with Crippen LogP contribution in [-0.4, -0.2) is 32.7 Å². The number of nitrogens with zero attached hydrogens (tertiary/aromatic N) is 1. The monoisotopic (exact) mass is 234 g/mol. The van der Waals surface area contributed by atoms with Crippen LogP contribution in [0.25, 0.3) is 0 Å². The van der Waals surface area contributed by atoms with E-state index >= 15 is 0 Å². The number of nitrogens with one attached hydrogen (secondary N) is 1. The van der Waals surface area contributed by atoms with Crippen molar-refractivity contribution in [1.29, 1.82) is 0 Å². The lowest BCUT2D eigenvalue weighted by Gasteiger charge is -2.21. The van der Waals surface area contributed by atoms with Gasteiger partial charge in [0.15, 0.2) is 0 Å². The van der Waals surface area contributed by atoms with Gasteiger partial charge in [-0.05, 0) is 31.5 Å². The van der Waals surface area contributed by atoms with Gasteiger partial charge in [-0.15, -0.1) is 0 Å². The first-order valence-corrected chi connectivity index (χ1v) is 5.87. The Balaban J connectivity index is 2.12. The molecule has 17 heavy (non-hydrogen) atoms. The number of carbonyl (C=O) groups excluding carboxylic acids is 1. The molecular weight excluding hydrogens is 216 g/mol. The van der Waals surface area contributed by atoms with Gasteiger partial charge in [-0.1, -0.05) is 6.07 Å². The molecule has 4 heteroatoms. The number of hydrogen-bond acceptors (Lipinski definition) is 3. The van der Waals surface area contributed by atoms with Crippen LogP contribution >= 0.6 is 0 Å². The second kappa shape index (κ2) is 5.19. The van der Waals surface area contributed by atoms with Gasteiger partial charge < -0.3 is 15.0 Å². The zero-order valence-electron chi connectivity index (χ0n) is 10.3. The van der Waals surface area contributed by atoms with Crippen molar-refractivity contribution in [3.8, 4) is 5.75 Å². The fourth-order valence-corrected chi connectivity index (χ4v) is 2.08. The summed E-state index contributed by atoms with van der Waals surface area (Å²) >= 11 is 0. The van der Waals surface area contributed by atoms with Crippen molar-refractivity contribution >= 4 is 11.6 Å². The Morgan fingerprint density at radius 1 is 1.53 bits per heavy atom. The van der Waals surface area contributed by atoms with E-state index in [0.717, 1.165) is 30.8 Å². The fraction of sp³-hybridized carbons (Fsp3) is 0.462. The number of rotatable bonds is 3. The summed E-state index contributed by atoms with van der Waals surface area (Å²) < 4.78 is 5.16. The highest BCUT2D eigenvalue weighted by Crippen LogP contribution is 2.21. The summed E-state index contributed by atoms with van der Waals surface area (Å²) in [6, 6.07) is 7.50. The zero-order chi connectivity index (χ0) is 12.3. The van der Waals surface area contributed by atoms with Crippen LogP contribution in [0.2, 0.25) is 0 Å². The Hall–Kier alpha value is -1.55. The van der Waals surface area contributed by atoms with Crippen molar-refractivity contribution in [3.63, 3.8) is 0 Å². The van der Waals surface area contributed by atoms with E-state index < -0.39 is 0 Å². The maximum absolute atomic E-state index is 12.2. The Bertz CT molecular complexity index is 400. The molecule has 0 unspecified atom stereocenters. The first-order valence-electron chi connectivity index (χ1n) is 5.87. The molecule has 0 bridgehead atoms. The van der Waals surface area contributed by atoms with Gasteiger partial charge >= 0.3 is 0 Å². The van der Waals surface area contributed by atoms with Crippen LogP contribution < -0.4 is 15.0 Å². The van der Waals surface area contributed by atoms with Gasteiger partial charge in [-0.3, -0.25) is 4.79 Å². The standard InChI is InChI=1S/C13H18N2O2/c1-15(13(16)12-7-4-8-14-12)10-5-3-6-11(9-10)17-2/h3,5-6,9,12,14H,4,7-8H2,1-2H3/t12-/m1/s1. The molecule has 1 amide bonds. The average molecular weight is 234 g/mol. The van der Waals surface area contributed by atoms with Gasteiger partial charge in [0, 0.05) is 18.8 Å². The maximum Gasteiger partial charge on any atom is 0.243 e. The smallest absolute Gasteiger partial charge is 0.243 e. The summed E-state index contributed by atoms with van der Waals surface area (Å²) in [5, 5.41) is 3.21. The summed E-state index contributed by atoms with van der Waals surface area (Å²) in [4.78, 5) is 13.9. The maximum atomic E-state index is 12.2. The van der Waals surface area contributed by atoms with E-state index in [1.807, 2.05) is 24.3 Å². The van der Waals surface area contributed by atoms with Crippen LogP contribution in [0.5, 0.6) is 5.75 Å². The molecule has 1 aliphatic heterocycles. The Morgan fingerprint density at radius 3 is 3.00 bits per heavy atom. The van der Waals surface area contributed by atoms with Crippen LogP contribution in [0.4, 0.5) is 5.69 Å². The molecule has 2 rings (SSSR count). The highest BCUT2D eigenvalue weighted by molar-refractivity contribution is 5.97. The molecular formula is C13H18N2O2. The highest BCUT2D eigenvalue weighted by atomic mass is 16.5. The SMILES string of the molecule is COc1cccc(N(C)C(=O)[C@H]2CCCN2)c1. The number of amides is 1. The van der Waals surface area contributed by atoms with Gasteiger partial charge in [-0.2, -0.15) is 0 Å². The molecule has 0 aromatic heterocycles. The van der Waals surface area contributed by atoms with Crippen molar-refractivity contribution in [2.24, 2.45) is 0 Å². The predicted octanol–water partition coefficient (Wildman–Crippen LogP) is 1.41. The van der Waals surface area contributed by atoms with Crippen molar-refractivity contribution in [1.82, 2.24) is 5.32 Å². The lowest BCUT2D eigenvalue weighted by atomic mass is 10.2. The van der Waals surface area contributed by atoms with Gasteiger partial charge in [0.2, 0.25) is 5.91 Å². The van der Waals surface area contributed by atoms with E-state index in [-0.39, 0.29) is 11.9 Å². The lowest BCUT2D eigenvalue weighted by molar-refractivity contribution is -0.119. The first-order chi connectivity index (χ1) is 8.22. The van der Waals surface area contributed by atoms with Crippen LogP contribution in [0, 0.1) is 0 Å². The van der Waals surface area contributed by atoms with E-state index in [2.05, 4.69) is 5.32 Å². The molecule has 1 aromatic carbocycles. The van der Waals surface area contributed by atoms with Crippen LogP contribution in [0.1, 0.15) is 12.8 Å². The lowest BCUT2D eigenvalue weighted by Crippen LogP contribution is -2.41. The van der Waals surface area contributed by atoms with E-state index in [1.54, 1.807) is 19.1 Å². The van der Waals surface area contributed by atoms with Gasteiger partial charge in [-0.25, -0.2) is 0 Å². The van der Waals surface area contributed by atoms with Crippen molar-refractivity contribution < 1.29 is 9.53 Å². The average Bonchev–Trinajstić information content (AvgIpc) is 2.91. The molecule has 1 heterocycles. The molecule has 1 atom stereocenters. The Morgan fingerprint density at radius 2 is 2.35 bits per heavy atom. The second-order valence-corrected chi connectivity index (χ2v) is 4.25. The second-order valence-electron chi connectivity index (χ2n) is 4.25. The molecule has 4 nitrogen and oxygen atoms in total. The molecule has 0 radical (unpaired) electrons. The van der Waals surface area contributed by atoms with Crippen LogP contribution in [0.15, 0.2) is 24.3 Å². The third-order valence-electron chi connectivity index (χ3n) is 3.13. The number of likely N-dealkylation sites (N-methyl/N-ethyl adjacent to an activating group) is 1. The van der Waals surface area contributed by atoms with E-state index in [0.29, 0.717) is 0 Å². The van der Waals surface area contributed by atoms with Crippen molar-refractivity contribution in [2.75, 3.05) is 25.6 Å². The molecule has 1 fully saturated rings. The molecule has 92 valence electrons. The van der Waals surface area contributed by atoms with Gasteiger partial charge in [0.1, 0.15) is 5.75 Å². The molecule has 1 N–H and O–H groups in total. The van der Waals surface area contributed by atoms with Crippen molar-refractivity contribution in [3.05, 3.63) is 24.3 Å². The van der Waals surface area contributed by atoms with Crippen LogP contribution in [0.3, 0.4) is 0 Å². The molecule has 0 spiro atoms. The summed E-state index contributed by atoms with van der Waals surface area (Å²) in [5.41, 5.74) is 0.864. The molecule has 1 aliphatic rings. The molecule has 1 saturated heterocycles. The Kier molecular flexibility index (Phi) is 3.64. The Labute approximate surface area is 102 Å². The number of methoxy groups -OCH3 is 1. The first kappa shape index (κ1) is 11.9. The number of anilines is 1. The summed E-state index contributed by atoms with van der Waals surface area (Å²) in [6.45, 7) is 0.933. The molecule has 0 aliphatic carbocycles. The zero-order valence-corrected chi connectivity index (χ0v) is 10.3.